The predicted molar refractivity (Wildman–Crippen MR) is 73.6 cm³/mol. The number of hydrogen-bond donors (Lipinski definition) is 0. The monoisotopic (exact) mass is 288 g/mol. The molecule has 1 saturated heterocycles. The minimum Gasteiger partial charge on any atom is -0.332 e. The average Bonchev–Trinajstić information content (AvgIpc) is 2.99. The van der Waals surface area contributed by atoms with Gasteiger partial charge in [0, 0.05) is 24.5 Å². The van der Waals surface area contributed by atoms with Gasteiger partial charge in [0.15, 0.2) is 11.6 Å². The van der Waals surface area contributed by atoms with E-state index in [2.05, 4.69) is 4.98 Å². The van der Waals surface area contributed by atoms with Gasteiger partial charge in [-0.15, -0.1) is 0 Å². The van der Waals surface area contributed by atoms with Crippen LogP contribution in [0.5, 0.6) is 0 Å². The first-order chi connectivity index (χ1) is 10.2. The second kappa shape index (κ2) is 5.60. The van der Waals surface area contributed by atoms with Crippen molar-refractivity contribution in [3.8, 4) is 0 Å². The van der Waals surface area contributed by atoms with E-state index in [-0.39, 0.29) is 17.5 Å². The molecule has 0 saturated carbocycles. The highest BCUT2D eigenvalue weighted by molar-refractivity contribution is 5.94. The number of likely N-dealkylation sites (tertiary alicyclic amines) is 1. The van der Waals surface area contributed by atoms with Crippen LogP contribution in [0.2, 0.25) is 0 Å². The number of benzene rings is 1. The summed E-state index contributed by atoms with van der Waals surface area (Å²) in [7, 11) is 0. The van der Waals surface area contributed by atoms with E-state index in [1.165, 1.54) is 6.07 Å². The van der Waals surface area contributed by atoms with Gasteiger partial charge in [0.2, 0.25) is 0 Å². The van der Waals surface area contributed by atoms with Gasteiger partial charge in [-0.3, -0.25) is 9.78 Å². The molecule has 1 atom stereocenters. The number of carbonyl (C=O) groups is 1. The standard InChI is InChI=1S/C16H14F2N2O/c17-13-6-5-11(9-14(13)18)16(21)20-8-2-4-15(20)12-3-1-7-19-10-12/h1,3,5-7,9-10,15H,2,4,8H2. The van der Waals surface area contributed by atoms with E-state index >= 15 is 0 Å². The van der Waals surface area contributed by atoms with Crippen LogP contribution in [0.4, 0.5) is 8.78 Å². The van der Waals surface area contributed by atoms with Crippen LogP contribution in [0.15, 0.2) is 42.7 Å². The highest BCUT2D eigenvalue weighted by atomic mass is 19.2. The Hall–Kier alpha value is -2.30. The number of amides is 1. The van der Waals surface area contributed by atoms with Crippen molar-refractivity contribution in [2.75, 3.05) is 6.54 Å². The molecule has 21 heavy (non-hydrogen) atoms. The van der Waals surface area contributed by atoms with Crippen molar-refractivity contribution >= 4 is 5.91 Å². The summed E-state index contributed by atoms with van der Waals surface area (Å²) in [6.45, 7) is 0.609. The molecule has 1 aliphatic rings. The fourth-order valence-corrected chi connectivity index (χ4v) is 2.72. The zero-order valence-corrected chi connectivity index (χ0v) is 11.3. The van der Waals surface area contributed by atoms with Crippen molar-refractivity contribution in [1.29, 1.82) is 0 Å². The normalized spacial score (nSPS) is 18.0. The molecule has 3 rings (SSSR count). The predicted octanol–water partition coefficient (Wildman–Crippen LogP) is 3.34. The lowest BCUT2D eigenvalue weighted by Gasteiger charge is -2.25. The Morgan fingerprint density at radius 1 is 1.24 bits per heavy atom. The highest BCUT2D eigenvalue weighted by Gasteiger charge is 2.30. The molecule has 0 spiro atoms. The molecule has 1 fully saturated rings. The summed E-state index contributed by atoms with van der Waals surface area (Å²) in [5, 5.41) is 0. The molecule has 1 aromatic heterocycles. The van der Waals surface area contributed by atoms with E-state index < -0.39 is 11.6 Å². The van der Waals surface area contributed by atoms with Gasteiger partial charge in [-0.2, -0.15) is 0 Å². The summed E-state index contributed by atoms with van der Waals surface area (Å²) in [6, 6.07) is 6.95. The molecule has 1 aromatic carbocycles. The lowest BCUT2D eigenvalue weighted by Crippen LogP contribution is -2.30. The molecule has 2 aromatic rings. The Kier molecular flexibility index (Phi) is 3.64. The number of aromatic nitrogens is 1. The maximum absolute atomic E-state index is 13.3. The molecule has 1 unspecified atom stereocenters. The third-order valence-electron chi connectivity index (χ3n) is 3.75. The first-order valence-corrected chi connectivity index (χ1v) is 6.83. The Bertz CT molecular complexity index is 661. The number of carbonyl (C=O) groups excluding carboxylic acids is 1. The van der Waals surface area contributed by atoms with Crippen molar-refractivity contribution in [2.24, 2.45) is 0 Å². The number of rotatable bonds is 2. The molecule has 5 heteroatoms. The fraction of sp³-hybridized carbons (Fsp3) is 0.250. The Morgan fingerprint density at radius 2 is 2.10 bits per heavy atom. The maximum Gasteiger partial charge on any atom is 0.254 e. The zero-order chi connectivity index (χ0) is 14.8. The first-order valence-electron chi connectivity index (χ1n) is 6.83. The molecule has 3 nitrogen and oxygen atoms in total. The van der Waals surface area contributed by atoms with Gasteiger partial charge in [-0.05, 0) is 42.7 Å². The van der Waals surface area contributed by atoms with Crippen LogP contribution in [0, 0.1) is 11.6 Å². The number of halogens is 2. The number of hydrogen-bond acceptors (Lipinski definition) is 2. The SMILES string of the molecule is O=C(c1ccc(F)c(F)c1)N1CCCC1c1cccnc1. The van der Waals surface area contributed by atoms with Crippen LogP contribution in [-0.2, 0) is 0 Å². The van der Waals surface area contributed by atoms with Crippen molar-refractivity contribution in [1.82, 2.24) is 9.88 Å². The molecule has 1 aliphatic heterocycles. The quantitative estimate of drug-likeness (QED) is 0.849. The molecule has 0 aliphatic carbocycles. The first kappa shape index (κ1) is 13.7. The van der Waals surface area contributed by atoms with Crippen molar-refractivity contribution in [3.63, 3.8) is 0 Å². The lowest BCUT2D eigenvalue weighted by molar-refractivity contribution is 0.0735. The van der Waals surface area contributed by atoms with Gasteiger partial charge in [0.25, 0.3) is 5.91 Å². The van der Waals surface area contributed by atoms with E-state index in [0.29, 0.717) is 6.54 Å². The fourth-order valence-electron chi connectivity index (χ4n) is 2.72. The molecule has 1 amide bonds. The Balaban J connectivity index is 1.88. The third kappa shape index (κ3) is 2.63. The maximum atomic E-state index is 13.3. The largest absolute Gasteiger partial charge is 0.332 e. The third-order valence-corrected chi connectivity index (χ3v) is 3.75. The second-order valence-corrected chi connectivity index (χ2v) is 5.07. The summed E-state index contributed by atoms with van der Waals surface area (Å²) < 4.78 is 26.3. The van der Waals surface area contributed by atoms with Crippen LogP contribution in [0.25, 0.3) is 0 Å². The van der Waals surface area contributed by atoms with E-state index in [1.807, 2.05) is 12.1 Å². The zero-order valence-electron chi connectivity index (χ0n) is 11.3. The van der Waals surface area contributed by atoms with Crippen LogP contribution < -0.4 is 0 Å². The van der Waals surface area contributed by atoms with Crippen LogP contribution >= 0.6 is 0 Å². The highest BCUT2D eigenvalue weighted by Crippen LogP contribution is 2.32. The average molecular weight is 288 g/mol. The van der Waals surface area contributed by atoms with Crippen molar-refractivity contribution in [2.45, 2.75) is 18.9 Å². The summed E-state index contributed by atoms with van der Waals surface area (Å²) in [5.74, 6) is -2.23. The summed E-state index contributed by atoms with van der Waals surface area (Å²) in [6.07, 6.45) is 5.15. The minimum absolute atomic E-state index is 0.0562. The molecule has 0 bridgehead atoms. The van der Waals surface area contributed by atoms with Gasteiger partial charge in [-0.25, -0.2) is 8.78 Å². The smallest absolute Gasteiger partial charge is 0.254 e. The van der Waals surface area contributed by atoms with Crippen molar-refractivity contribution in [3.05, 3.63) is 65.5 Å². The van der Waals surface area contributed by atoms with Gasteiger partial charge >= 0.3 is 0 Å². The van der Waals surface area contributed by atoms with E-state index in [4.69, 9.17) is 0 Å². The van der Waals surface area contributed by atoms with E-state index in [9.17, 15) is 13.6 Å². The van der Waals surface area contributed by atoms with Crippen molar-refractivity contribution < 1.29 is 13.6 Å². The second-order valence-electron chi connectivity index (χ2n) is 5.07. The molecule has 2 heterocycles. The van der Waals surface area contributed by atoms with Gasteiger partial charge < -0.3 is 4.90 Å². The Morgan fingerprint density at radius 3 is 2.81 bits per heavy atom. The molecular weight excluding hydrogens is 274 g/mol. The van der Waals surface area contributed by atoms with E-state index in [1.54, 1.807) is 17.3 Å². The lowest BCUT2D eigenvalue weighted by atomic mass is 10.1. The summed E-state index contributed by atoms with van der Waals surface area (Å²) >= 11 is 0. The number of pyridine rings is 1. The molecular formula is C16H14F2N2O. The number of nitrogens with zero attached hydrogens (tertiary/aromatic N) is 2. The molecule has 0 N–H and O–H groups in total. The van der Waals surface area contributed by atoms with Crippen LogP contribution in [-0.4, -0.2) is 22.3 Å². The van der Waals surface area contributed by atoms with Crippen LogP contribution in [0.3, 0.4) is 0 Å². The minimum atomic E-state index is -1.00. The van der Waals surface area contributed by atoms with Gasteiger partial charge in [0.1, 0.15) is 0 Å². The molecule has 108 valence electrons. The Labute approximate surface area is 121 Å². The van der Waals surface area contributed by atoms with E-state index in [0.717, 1.165) is 30.5 Å². The summed E-state index contributed by atoms with van der Waals surface area (Å²) in [4.78, 5) is 18.3. The molecule has 0 radical (unpaired) electrons. The topological polar surface area (TPSA) is 33.2 Å². The van der Waals surface area contributed by atoms with Gasteiger partial charge in [0.05, 0.1) is 6.04 Å². The summed E-state index contributed by atoms with van der Waals surface area (Å²) in [5.41, 5.74) is 1.13. The van der Waals surface area contributed by atoms with Gasteiger partial charge in [-0.1, -0.05) is 6.07 Å². The van der Waals surface area contributed by atoms with Crippen LogP contribution in [0.1, 0.15) is 34.8 Å².